The van der Waals surface area contributed by atoms with Gasteiger partial charge in [-0.2, -0.15) is 13.2 Å². The summed E-state index contributed by atoms with van der Waals surface area (Å²) in [6.07, 6.45) is 1.49. The summed E-state index contributed by atoms with van der Waals surface area (Å²) in [6.45, 7) is 1.46. The Labute approximate surface area is 184 Å². The fourth-order valence-corrected chi connectivity index (χ4v) is 6.18. The lowest BCUT2D eigenvalue weighted by Crippen LogP contribution is -2.54. The van der Waals surface area contributed by atoms with Crippen molar-refractivity contribution in [2.75, 3.05) is 18.8 Å². The molecule has 2 heterocycles. The molecular weight excluding hydrogens is 427 g/mol. The Bertz CT molecular complexity index is 818. The first kappa shape index (κ1) is 22.5. The van der Waals surface area contributed by atoms with E-state index >= 15 is 0 Å². The Balaban J connectivity index is 1.26. The van der Waals surface area contributed by atoms with Gasteiger partial charge < -0.3 is 10.2 Å². The molecule has 2 N–H and O–H groups in total. The molecular formula is C22H28F3N3O2S. The van der Waals surface area contributed by atoms with Crippen LogP contribution in [0.15, 0.2) is 24.3 Å². The van der Waals surface area contributed by atoms with Crippen molar-refractivity contribution in [3.8, 4) is 0 Å². The lowest BCUT2D eigenvalue weighted by molar-refractivity contribution is -0.138. The van der Waals surface area contributed by atoms with Crippen LogP contribution in [0, 0.1) is 5.92 Å². The number of carbonyl (C=O) groups excluding carboxylic acids is 2. The zero-order valence-electron chi connectivity index (χ0n) is 17.3. The summed E-state index contributed by atoms with van der Waals surface area (Å²) >= 11 is 1.72. The number of nitrogens with zero attached hydrogens (tertiary/aromatic N) is 1. The van der Waals surface area contributed by atoms with Crippen molar-refractivity contribution >= 4 is 23.6 Å². The normalized spacial score (nSPS) is 24.0. The molecule has 2 saturated heterocycles. The van der Waals surface area contributed by atoms with Gasteiger partial charge in [0.1, 0.15) is 0 Å². The van der Waals surface area contributed by atoms with E-state index in [-0.39, 0.29) is 35.2 Å². The maximum Gasteiger partial charge on any atom is 0.416 e. The van der Waals surface area contributed by atoms with Gasteiger partial charge in [-0.3, -0.25) is 14.9 Å². The number of benzene rings is 1. The standard InChI is InChI=1S/C22H28F3N3O2S/c23-22(24,25)17-7-3-4-15(12-17)13-26-19(29)18-14-31-21(27-18)8-10-28(11-9-21)20(30)16-5-1-2-6-16/h3-4,7,12,16,18,27H,1-2,5-6,8-11,13-14H2,(H,26,29). The van der Waals surface area contributed by atoms with Crippen LogP contribution < -0.4 is 10.6 Å². The Morgan fingerprint density at radius 1 is 1.19 bits per heavy atom. The molecule has 5 nitrogen and oxygen atoms in total. The predicted molar refractivity (Wildman–Crippen MR) is 113 cm³/mol. The molecule has 1 unspecified atom stereocenters. The largest absolute Gasteiger partial charge is 0.416 e. The summed E-state index contributed by atoms with van der Waals surface area (Å²) in [5, 5.41) is 6.20. The van der Waals surface area contributed by atoms with Gasteiger partial charge in [-0.15, -0.1) is 11.8 Å². The number of amides is 2. The van der Waals surface area contributed by atoms with Crippen LogP contribution in [0.4, 0.5) is 13.2 Å². The summed E-state index contributed by atoms with van der Waals surface area (Å²) in [4.78, 5) is 27.0. The average molecular weight is 456 g/mol. The molecule has 2 amide bonds. The van der Waals surface area contributed by atoms with E-state index in [0.29, 0.717) is 24.4 Å². The topological polar surface area (TPSA) is 61.4 Å². The maximum atomic E-state index is 12.9. The quantitative estimate of drug-likeness (QED) is 0.729. The van der Waals surface area contributed by atoms with E-state index in [2.05, 4.69) is 10.6 Å². The van der Waals surface area contributed by atoms with Crippen molar-refractivity contribution in [1.82, 2.24) is 15.5 Å². The first-order valence-electron chi connectivity index (χ1n) is 10.9. The summed E-state index contributed by atoms with van der Waals surface area (Å²) in [7, 11) is 0. The van der Waals surface area contributed by atoms with Crippen LogP contribution >= 0.6 is 11.8 Å². The van der Waals surface area contributed by atoms with Crippen LogP contribution in [0.1, 0.15) is 49.7 Å². The highest BCUT2D eigenvalue weighted by Crippen LogP contribution is 2.40. The van der Waals surface area contributed by atoms with Gasteiger partial charge in [-0.1, -0.05) is 25.0 Å². The van der Waals surface area contributed by atoms with Gasteiger partial charge in [0.2, 0.25) is 11.8 Å². The Morgan fingerprint density at radius 2 is 1.90 bits per heavy atom. The van der Waals surface area contributed by atoms with E-state index in [4.69, 9.17) is 0 Å². The molecule has 1 aromatic rings. The second-order valence-corrected chi connectivity index (χ2v) is 10.1. The third kappa shape index (κ3) is 5.19. The SMILES string of the molecule is O=C(NCc1cccc(C(F)(F)F)c1)C1CSC2(CCN(C(=O)C3CCCC3)CC2)N1. The predicted octanol–water partition coefficient (Wildman–Crippen LogP) is 3.54. The molecule has 3 fully saturated rings. The van der Waals surface area contributed by atoms with Crippen molar-refractivity contribution < 1.29 is 22.8 Å². The second-order valence-electron chi connectivity index (χ2n) is 8.72. The van der Waals surface area contributed by atoms with E-state index < -0.39 is 11.7 Å². The van der Waals surface area contributed by atoms with Crippen molar-refractivity contribution in [3.05, 3.63) is 35.4 Å². The number of hydrogen-bond donors (Lipinski definition) is 2. The van der Waals surface area contributed by atoms with Gasteiger partial charge in [0.05, 0.1) is 16.5 Å². The molecule has 3 aliphatic rings. The zero-order chi connectivity index (χ0) is 22.1. The van der Waals surface area contributed by atoms with Crippen LogP contribution in [0.3, 0.4) is 0 Å². The summed E-state index contributed by atoms with van der Waals surface area (Å²) in [6, 6.07) is 4.63. The van der Waals surface area contributed by atoms with Crippen LogP contribution in [-0.2, 0) is 22.3 Å². The van der Waals surface area contributed by atoms with Crippen LogP contribution in [0.25, 0.3) is 0 Å². The summed E-state index contributed by atoms with van der Waals surface area (Å²) in [5.41, 5.74) is -0.297. The molecule has 1 aromatic carbocycles. The van der Waals surface area contributed by atoms with Gasteiger partial charge >= 0.3 is 6.18 Å². The summed E-state index contributed by atoms with van der Waals surface area (Å²) in [5.74, 6) is 0.884. The molecule has 2 aliphatic heterocycles. The zero-order valence-corrected chi connectivity index (χ0v) is 18.2. The first-order valence-corrected chi connectivity index (χ1v) is 11.9. The number of likely N-dealkylation sites (tertiary alicyclic amines) is 1. The number of halogens is 3. The van der Waals surface area contributed by atoms with Crippen LogP contribution in [0.5, 0.6) is 0 Å². The lowest BCUT2D eigenvalue weighted by Gasteiger charge is -2.40. The van der Waals surface area contributed by atoms with Gasteiger partial charge in [-0.05, 0) is 43.4 Å². The highest BCUT2D eigenvalue weighted by atomic mass is 32.2. The minimum absolute atomic E-state index is 0.0578. The molecule has 1 atom stereocenters. The van der Waals surface area contributed by atoms with Gasteiger partial charge in [-0.25, -0.2) is 0 Å². The van der Waals surface area contributed by atoms with Crippen molar-refractivity contribution in [3.63, 3.8) is 0 Å². The fourth-order valence-electron chi connectivity index (χ4n) is 4.76. The molecule has 0 aromatic heterocycles. The number of rotatable bonds is 4. The van der Waals surface area contributed by atoms with E-state index in [1.165, 1.54) is 6.07 Å². The number of alkyl halides is 3. The molecule has 4 rings (SSSR count). The van der Waals surface area contributed by atoms with Gasteiger partial charge in [0.25, 0.3) is 0 Å². The Morgan fingerprint density at radius 3 is 2.58 bits per heavy atom. The third-order valence-corrected chi connectivity index (χ3v) is 8.17. The van der Waals surface area contributed by atoms with E-state index in [0.717, 1.165) is 50.7 Å². The molecule has 0 bridgehead atoms. The smallest absolute Gasteiger partial charge is 0.351 e. The molecule has 31 heavy (non-hydrogen) atoms. The maximum absolute atomic E-state index is 12.9. The van der Waals surface area contributed by atoms with Crippen LogP contribution in [-0.4, -0.2) is 46.5 Å². The lowest BCUT2D eigenvalue weighted by atomic mass is 10.00. The number of carbonyl (C=O) groups is 2. The second kappa shape index (κ2) is 9.02. The molecule has 1 saturated carbocycles. The van der Waals surface area contributed by atoms with Gasteiger partial charge in [0, 0.05) is 31.3 Å². The van der Waals surface area contributed by atoms with E-state index in [1.807, 2.05) is 4.90 Å². The van der Waals surface area contributed by atoms with E-state index in [1.54, 1.807) is 17.8 Å². The van der Waals surface area contributed by atoms with Gasteiger partial charge in [0.15, 0.2) is 0 Å². The fraction of sp³-hybridized carbons (Fsp3) is 0.636. The van der Waals surface area contributed by atoms with Crippen molar-refractivity contribution in [1.29, 1.82) is 0 Å². The van der Waals surface area contributed by atoms with Crippen molar-refractivity contribution in [2.24, 2.45) is 5.92 Å². The van der Waals surface area contributed by atoms with E-state index in [9.17, 15) is 22.8 Å². The Kier molecular flexibility index (Phi) is 6.53. The molecule has 1 spiro atoms. The minimum atomic E-state index is -4.40. The molecule has 0 radical (unpaired) electrons. The number of thioether (sulfide) groups is 1. The highest BCUT2D eigenvalue weighted by molar-refractivity contribution is 8.01. The molecule has 9 heteroatoms. The summed E-state index contributed by atoms with van der Waals surface area (Å²) < 4.78 is 38.6. The molecule has 170 valence electrons. The average Bonchev–Trinajstić information content (AvgIpc) is 3.43. The number of piperidine rings is 1. The van der Waals surface area contributed by atoms with Crippen LogP contribution in [0.2, 0.25) is 0 Å². The Hall–Kier alpha value is -1.74. The first-order chi connectivity index (χ1) is 14.8. The highest BCUT2D eigenvalue weighted by Gasteiger charge is 2.45. The number of hydrogen-bond acceptors (Lipinski definition) is 4. The monoisotopic (exact) mass is 455 g/mol. The third-order valence-electron chi connectivity index (χ3n) is 6.59. The van der Waals surface area contributed by atoms with Crippen molar-refractivity contribution in [2.45, 2.75) is 62.2 Å². The minimum Gasteiger partial charge on any atom is -0.351 e. The number of nitrogens with one attached hydrogen (secondary N) is 2. The molecule has 1 aliphatic carbocycles.